The van der Waals surface area contributed by atoms with Crippen LogP contribution in [0.5, 0.6) is 0 Å². The van der Waals surface area contributed by atoms with Crippen LogP contribution in [0.25, 0.3) is 0 Å². The number of likely N-dealkylation sites (tertiary alicyclic amines) is 1. The molecule has 1 fully saturated rings. The van der Waals surface area contributed by atoms with E-state index in [1.807, 2.05) is 13.8 Å². The summed E-state index contributed by atoms with van der Waals surface area (Å²) in [6.07, 6.45) is 3.22. The van der Waals surface area contributed by atoms with E-state index in [0.29, 0.717) is 0 Å². The highest BCUT2D eigenvalue weighted by Crippen LogP contribution is 2.25. The molecule has 0 radical (unpaired) electrons. The fourth-order valence-corrected chi connectivity index (χ4v) is 1.93. The highest BCUT2D eigenvalue weighted by molar-refractivity contribution is 5.80. The van der Waals surface area contributed by atoms with E-state index in [4.69, 9.17) is 4.74 Å². The zero-order valence-corrected chi connectivity index (χ0v) is 8.80. The van der Waals surface area contributed by atoms with Gasteiger partial charge in [0.25, 0.3) is 0 Å². The van der Waals surface area contributed by atoms with E-state index >= 15 is 0 Å². The Morgan fingerprint density at radius 1 is 1.46 bits per heavy atom. The number of rotatable bonds is 3. The van der Waals surface area contributed by atoms with Crippen LogP contribution in [0.4, 0.5) is 0 Å². The summed E-state index contributed by atoms with van der Waals surface area (Å²) in [5.41, 5.74) is -0.398. The third-order valence-electron chi connectivity index (χ3n) is 3.12. The molecule has 3 nitrogen and oxygen atoms in total. The van der Waals surface area contributed by atoms with Gasteiger partial charge < -0.3 is 4.74 Å². The minimum Gasteiger partial charge on any atom is -0.468 e. The minimum absolute atomic E-state index is 0.100. The molecule has 0 aliphatic carbocycles. The molecule has 1 aliphatic heterocycles. The molecule has 13 heavy (non-hydrogen) atoms. The largest absolute Gasteiger partial charge is 0.468 e. The number of esters is 1. The highest BCUT2D eigenvalue weighted by atomic mass is 16.5. The first-order chi connectivity index (χ1) is 6.15. The second-order valence-corrected chi connectivity index (χ2v) is 3.81. The highest BCUT2D eigenvalue weighted by Gasteiger charge is 2.39. The zero-order chi connectivity index (χ0) is 9.90. The fourth-order valence-electron chi connectivity index (χ4n) is 1.93. The van der Waals surface area contributed by atoms with Crippen molar-refractivity contribution in [3.8, 4) is 0 Å². The van der Waals surface area contributed by atoms with Crippen LogP contribution >= 0.6 is 0 Å². The number of hydrogen-bond acceptors (Lipinski definition) is 3. The summed E-state index contributed by atoms with van der Waals surface area (Å²) >= 11 is 0. The van der Waals surface area contributed by atoms with Crippen molar-refractivity contribution in [2.75, 3.05) is 20.2 Å². The van der Waals surface area contributed by atoms with E-state index in [0.717, 1.165) is 19.5 Å². The van der Waals surface area contributed by atoms with Gasteiger partial charge in [-0.2, -0.15) is 0 Å². The molecule has 0 spiro atoms. The summed E-state index contributed by atoms with van der Waals surface area (Å²) in [7, 11) is 1.46. The number of ether oxygens (including phenoxy) is 1. The fraction of sp³-hybridized carbons (Fsp3) is 0.900. The van der Waals surface area contributed by atoms with Crippen molar-refractivity contribution in [3.63, 3.8) is 0 Å². The lowest BCUT2D eigenvalue weighted by atomic mass is 9.97. The molecule has 1 heterocycles. The van der Waals surface area contributed by atoms with Crippen LogP contribution in [0, 0.1) is 0 Å². The van der Waals surface area contributed by atoms with Crippen molar-refractivity contribution >= 4 is 5.97 Å². The first kappa shape index (κ1) is 10.5. The maximum atomic E-state index is 11.6. The molecular weight excluding hydrogens is 166 g/mol. The molecule has 1 unspecified atom stereocenters. The van der Waals surface area contributed by atoms with Crippen molar-refractivity contribution in [1.29, 1.82) is 0 Å². The van der Waals surface area contributed by atoms with E-state index < -0.39 is 5.54 Å². The minimum atomic E-state index is -0.398. The average molecular weight is 185 g/mol. The van der Waals surface area contributed by atoms with Crippen molar-refractivity contribution in [2.24, 2.45) is 0 Å². The van der Waals surface area contributed by atoms with E-state index in [9.17, 15) is 4.79 Å². The Labute approximate surface area is 80.1 Å². The Morgan fingerprint density at radius 2 is 2.00 bits per heavy atom. The van der Waals surface area contributed by atoms with Crippen molar-refractivity contribution in [3.05, 3.63) is 0 Å². The van der Waals surface area contributed by atoms with Gasteiger partial charge in [-0.15, -0.1) is 0 Å². The average Bonchev–Trinajstić information content (AvgIpc) is 2.68. The third-order valence-corrected chi connectivity index (χ3v) is 3.12. The van der Waals surface area contributed by atoms with Crippen LogP contribution in [-0.2, 0) is 9.53 Å². The van der Waals surface area contributed by atoms with Crippen molar-refractivity contribution < 1.29 is 9.53 Å². The summed E-state index contributed by atoms with van der Waals surface area (Å²) in [5, 5.41) is 0. The van der Waals surface area contributed by atoms with Gasteiger partial charge in [-0.1, -0.05) is 6.92 Å². The second-order valence-electron chi connectivity index (χ2n) is 3.81. The van der Waals surface area contributed by atoms with E-state index in [1.165, 1.54) is 20.0 Å². The lowest BCUT2D eigenvalue weighted by molar-refractivity contribution is -0.153. The van der Waals surface area contributed by atoms with Crippen LogP contribution in [0.15, 0.2) is 0 Å². The smallest absolute Gasteiger partial charge is 0.325 e. The number of carbonyl (C=O) groups is 1. The summed E-state index contributed by atoms with van der Waals surface area (Å²) < 4.78 is 4.84. The molecule has 1 saturated heterocycles. The van der Waals surface area contributed by atoms with Gasteiger partial charge in [0, 0.05) is 0 Å². The number of methoxy groups -OCH3 is 1. The molecule has 1 rings (SSSR count). The molecule has 1 aliphatic rings. The molecule has 0 bridgehead atoms. The summed E-state index contributed by atoms with van der Waals surface area (Å²) in [5.74, 6) is -0.100. The van der Waals surface area contributed by atoms with Gasteiger partial charge in [-0.25, -0.2) is 0 Å². The van der Waals surface area contributed by atoms with Crippen LogP contribution < -0.4 is 0 Å². The van der Waals surface area contributed by atoms with Crippen LogP contribution in [0.1, 0.15) is 33.1 Å². The molecular formula is C10H19NO2. The van der Waals surface area contributed by atoms with Gasteiger partial charge in [0.1, 0.15) is 5.54 Å². The second kappa shape index (κ2) is 4.09. The summed E-state index contributed by atoms with van der Waals surface area (Å²) in [6.45, 7) is 6.07. The molecule has 0 N–H and O–H groups in total. The predicted molar refractivity (Wildman–Crippen MR) is 51.5 cm³/mol. The summed E-state index contributed by atoms with van der Waals surface area (Å²) in [6, 6.07) is 0. The maximum Gasteiger partial charge on any atom is 0.325 e. The maximum absolute atomic E-state index is 11.6. The van der Waals surface area contributed by atoms with Gasteiger partial charge in [0.15, 0.2) is 0 Å². The monoisotopic (exact) mass is 185 g/mol. The standard InChI is InChI=1S/C10H19NO2/c1-4-10(2,9(12)13-3)11-7-5-6-8-11/h4-8H2,1-3H3. The van der Waals surface area contributed by atoms with Gasteiger partial charge >= 0.3 is 5.97 Å². The Bertz CT molecular complexity index is 187. The van der Waals surface area contributed by atoms with Crippen LogP contribution in [0.2, 0.25) is 0 Å². The Hall–Kier alpha value is -0.570. The van der Waals surface area contributed by atoms with E-state index in [-0.39, 0.29) is 5.97 Å². The van der Waals surface area contributed by atoms with E-state index in [2.05, 4.69) is 4.90 Å². The molecule has 1 atom stereocenters. The topological polar surface area (TPSA) is 29.5 Å². The zero-order valence-electron chi connectivity index (χ0n) is 8.80. The number of nitrogens with zero attached hydrogens (tertiary/aromatic N) is 1. The molecule has 0 saturated carbocycles. The Morgan fingerprint density at radius 3 is 2.38 bits per heavy atom. The summed E-state index contributed by atoms with van der Waals surface area (Å²) in [4.78, 5) is 13.8. The van der Waals surface area contributed by atoms with Crippen LogP contribution in [0.3, 0.4) is 0 Å². The van der Waals surface area contributed by atoms with Crippen LogP contribution in [-0.4, -0.2) is 36.6 Å². The predicted octanol–water partition coefficient (Wildman–Crippen LogP) is 1.42. The van der Waals surface area contributed by atoms with Crippen molar-refractivity contribution in [2.45, 2.75) is 38.6 Å². The van der Waals surface area contributed by atoms with E-state index in [1.54, 1.807) is 0 Å². The number of carbonyl (C=O) groups excluding carboxylic acids is 1. The molecule has 0 aromatic carbocycles. The normalized spacial score (nSPS) is 22.7. The Balaban J connectivity index is 2.72. The molecule has 0 aromatic rings. The molecule has 0 amide bonds. The van der Waals surface area contributed by atoms with Gasteiger partial charge in [0.2, 0.25) is 0 Å². The lowest BCUT2D eigenvalue weighted by Crippen LogP contribution is -2.51. The number of hydrogen-bond donors (Lipinski definition) is 0. The quantitative estimate of drug-likeness (QED) is 0.623. The molecule has 76 valence electrons. The first-order valence-corrected chi connectivity index (χ1v) is 4.98. The first-order valence-electron chi connectivity index (χ1n) is 4.98. The lowest BCUT2D eigenvalue weighted by Gasteiger charge is -2.34. The third kappa shape index (κ3) is 1.85. The van der Waals surface area contributed by atoms with Crippen molar-refractivity contribution in [1.82, 2.24) is 4.90 Å². The molecule has 3 heteroatoms. The Kier molecular flexibility index (Phi) is 3.31. The molecule has 0 aromatic heterocycles. The van der Waals surface area contributed by atoms with Gasteiger partial charge in [-0.3, -0.25) is 9.69 Å². The SMILES string of the molecule is CCC(C)(C(=O)OC)N1CCCC1. The van der Waals surface area contributed by atoms with Gasteiger partial charge in [-0.05, 0) is 39.3 Å². The van der Waals surface area contributed by atoms with Gasteiger partial charge in [0.05, 0.1) is 7.11 Å².